The largest absolute Gasteiger partial charge is 0.396 e. The first kappa shape index (κ1) is 7.02. The lowest BCUT2D eigenvalue weighted by Crippen LogP contribution is -2.04. The van der Waals surface area contributed by atoms with Crippen LogP contribution in [0.15, 0.2) is 6.20 Å². The number of aromatic nitrogens is 1. The van der Waals surface area contributed by atoms with Crippen LogP contribution < -0.4 is 11.1 Å². The van der Waals surface area contributed by atoms with Gasteiger partial charge in [-0.1, -0.05) is 0 Å². The maximum absolute atomic E-state index is 12.8. The fraction of sp³-hybridized carbons (Fsp3) is 0.143. The number of hydrogen-bond donors (Lipinski definition) is 2. The van der Waals surface area contributed by atoms with Gasteiger partial charge >= 0.3 is 0 Å². The smallest absolute Gasteiger partial charge is 0.230 e. The molecule has 0 fully saturated rings. The van der Waals surface area contributed by atoms with Crippen molar-refractivity contribution in [1.29, 1.82) is 0 Å². The quantitative estimate of drug-likeness (QED) is 0.583. The van der Waals surface area contributed by atoms with E-state index in [1.807, 2.05) is 0 Å². The first-order valence-electron chi connectivity index (χ1n) is 3.41. The van der Waals surface area contributed by atoms with Crippen molar-refractivity contribution in [2.24, 2.45) is 0 Å². The van der Waals surface area contributed by atoms with Crippen molar-refractivity contribution >= 4 is 17.4 Å². The van der Waals surface area contributed by atoms with E-state index in [-0.39, 0.29) is 18.0 Å². The third-order valence-electron chi connectivity index (χ3n) is 1.77. The van der Waals surface area contributed by atoms with Crippen LogP contribution in [0.3, 0.4) is 0 Å². The number of nitrogens with zero attached hydrogens (tertiary/aromatic N) is 1. The number of hydrogen-bond acceptors (Lipinski definition) is 3. The SMILES string of the molecule is Nc1c(F)cnc2c1CC(=O)N2. The molecular formula is C7H6FN3O. The summed E-state index contributed by atoms with van der Waals surface area (Å²) >= 11 is 0. The van der Waals surface area contributed by atoms with Gasteiger partial charge in [-0.3, -0.25) is 4.79 Å². The molecule has 3 N–H and O–H groups in total. The summed E-state index contributed by atoms with van der Waals surface area (Å²) in [5.74, 6) is -0.404. The highest BCUT2D eigenvalue weighted by molar-refractivity contribution is 5.99. The summed E-state index contributed by atoms with van der Waals surface area (Å²) in [7, 11) is 0. The summed E-state index contributed by atoms with van der Waals surface area (Å²) in [6, 6.07) is 0. The number of pyridine rings is 1. The van der Waals surface area contributed by atoms with E-state index in [0.717, 1.165) is 6.20 Å². The zero-order chi connectivity index (χ0) is 8.72. The number of carbonyl (C=O) groups is 1. The Morgan fingerprint density at radius 2 is 2.42 bits per heavy atom. The van der Waals surface area contributed by atoms with Gasteiger partial charge in [-0.2, -0.15) is 0 Å². The van der Waals surface area contributed by atoms with Crippen LogP contribution >= 0.6 is 0 Å². The minimum Gasteiger partial charge on any atom is -0.396 e. The summed E-state index contributed by atoms with van der Waals surface area (Å²) in [5.41, 5.74) is 5.86. The van der Waals surface area contributed by atoms with Crippen molar-refractivity contribution in [2.45, 2.75) is 6.42 Å². The second kappa shape index (κ2) is 2.17. The first-order chi connectivity index (χ1) is 5.68. The van der Waals surface area contributed by atoms with Crippen LogP contribution in [-0.2, 0) is 11.2 Å². The first-order valence-corrected chi connectivity index (χ1v) is 3.41. The zero-order valence-electron chi connectivity index (χ0n) is 6.10. The van der Waals surface area contributed by atoms with Gasteiger partial charge in [0.1, 0.15) is 5.82 Å². The molecular weight excluding hydrogens is 161 g/mol. The van der Waals surface area contributed by atoms with Crippen molar-refractivity contribution in [3.05, 3.63) is 17.6 Å². The number of amides is 1. The zero-order valence-corrected chi connectivity index (χ0v) is 6.10. The number of rotatable bonds is 0. The van der Waals surface area contributed by atoms with Gasteiger partial charge in [0.05, 0.1) is 18.3 Å². The molecule has 0 atom stereocenters. The molecule has 1 aromatic rings. The average Bonchev–Trinajstić information content (AvgIpc) is 2.39. The molecule has 0 saturated carbocycles. The molecule has 1 aliphatic heterocycles. The fourth-order valence-electron chi connectivity index (χ4n) is 1.16. The van der Waals surface area contributed by atoms with Crippen molar-refractivity contribution in [2.75, 3.05) is 11.1 Å². The van der Waals surface area contributed by atoms with Crippen LogP contribution in [0.2, 0.25) is 0 Å². The fourth-order valence-corrected chi connectivity index (χ4v) is 1.16. The van der Waals surface area contributed by atoms with Gasteiger partial charge in [-0.15, -0.1) is 0 Å². The van der Waals surface area contributed by atoms with Gasteiger partial charge in [-0.05, 0) is 0 Å². The van der Waals surface area contributed by atoms with Crippen molar-refractivity contribution in [3.63, 3.8) is 0 Å². The lowest BCUT2D eigenvalue weighted by atomic mass is 10.2. The maximum atomic E-state index is 12.8. The lowest BCUT2D eigenvalue weighted by molar-refractivity contribution is -0.115. The third kappa shape index (κ3) is 0.827. The normalized spacial score (nSPS) is 14.2. The Balaban J connectivity index is 2.61. The summed E-state index contributed by atoms with van der Waals surface area (Å²) < 4.78 is 12.8. The van der Waals surface area contributed by atoms with Gasteiger partial charge in [0.2, 0.25) is 5.91 Å². The van der Waals surface area contributed by atoms with E-state index in [1.165, 1.54) is 0 Å². The molecule has 12 heavy (non-hydrogen) atoms. The monoisotopic (exact) mass is 167 g/mol. The molecule has 62 valence electrons. The van der Waals surface area contributed by atoms with Crippen LogP contribution in [0, 0.1) is 5.82 Å². The van der Waals surface area contributed by atoms with E-state index in [1.54, 1.807) is 0 Å². The number of carbonyl (C=O) groups excluding carboxylic acids is 1. The molecule has 2 heterocycles. The highest BCUT2D eigenvalue weighted by atomic mass is 19.1. The molecule has 5 heteroatoms. The Morgan fingerprint density at radius 1 is 1.67 bits per heavy atom. The van der Waals surface area contributed by atoms with E-state index in [9.17, 15) is 9.18 Å². The van der Waals surface area contributed by atoms with E-state index >= 15 is 0 Å². The minimum absolute atomic E-state index is 0.0124. The molecule has 0 unspecified atom stereocenters. The molecule has 1 aromatic heterocycles. The summed E-state index contributed by atoms with van der Waals surface area (Å²) in [6.45, 7) is 0. The number of fused-ring (bicyclic) bond motifs is 1. The molecule has 1 amide bonds. The van der Waals surface area contributed by atoms with E-state index in [4.69, 9.17) is 5.73 Å². The lowest BCUT2D eigenvalue weighted by Gasteiger charge is -2.00. The van der Waals surface area contributed by atoms with Gasteiger partial charge in [0.25, 0.3) is 0 Å². The van der Waals surface area contributed by atoms with Crippen molar-refractivity contribution in [1.82, 2.24) is 4.98 Å². The number of nitrogen functional groups attached to an aromatic ring is 1. The molecule has 0 aromatic carbocycles. The van der Waals surface area contributed by atoms with Crippen LogP contribution in [0.25, 0.3) is 0 Å². The summed E-state index contributed by atoms with van der Waals surface area (Å²) in [4.78, 5) is 14.5. The van der Waals surface area contributed by atoms with Crippen LogP contribution in [0.1, 0.15) is 5.56 Å². The van der Waals surface area contributed by atoms with Gasteiger partial charge in [0.15, 0.2) is 5.82 Å². The number of anilines is 2. The summed E-state index contributed by atoms with van der Waals surface area (Å²) in [6.07, 6.45) is 1.12. The molecule has 4 nitrogen and oxygen atoms in total. The standard InChI is InChI=1S/C7H6FN3O/c8-4-2-10-7-3(6(4)9)1-5(12)11-7/h2H,1H2,(H3,9,10,11,12). The predicted molar refractivity (Wildman–Crippen MR) is 40.9 cm³/mol. The highest BCUT2D eigenvalue weighted by Crippen LogP contribution is 2.27. The summed E-state index contributed by atoms with van der Waals surface area (Å²) in [5, 5.41) is 2.47. The second-order valence-corrected chi connectivity index (χ2v) is 2.57. The Hall–Kier alpha value is -1.65. The molecule has 0 bridgehead atoms. The molecule has 0 radical (unpaired) electrons. The number of halogens is 1. The average molecular weight is 167 g/mol. The molecule has 0 aliphatic carbocycles. The molecule has 0 spiro atoms. The minimum atomic E-state index is -0.578. The number of nitrogens with one attached hydrogen (secondary N) is 1. The highest BCUT2D eigenvalue weighted by Gasteiger charge is 2.22. The third-order valence-corrected chi connectivity index (χ3v) is 1.77. The van der Waals surface area contributed by atoms with Gasteiger partial charge < -0.3 is 11.1 Å². The Bertz CT molecular complexity index is 364. The molecule has 2 rings (SSSR count). The Labute approximate surface area is 67.6 Å². The van der Waals surface area contributed by atoms with Crippen molar-refractivity contribution in [3.8, 4) is 0 Å². The topological polar surface area (TPSA) is 68.0 Å². The molecule has 0 saturated heterocycles. The predicted octanol–water partition coefficient (Wildman–Crippen LogP) is 0.297. The van der Waals surface area contributed by atoms with Crippen LogP contribution in [0.4, 0.5) is 15.9 Å². The maximum Gasteiger partial charge on any atom is 0.230 e. The van der Waals surface area contributed by atoms with Gasteiger partial charge in [0, 0.05) is 5.56 Å². The molecule has 1 aliphatic rings. The van der Waals surface area contributed by atoms with Crippen LogP contribution in [-0.4, -0.2) is 10.9 Å². The van der Waals surface area contributed by atoms with Crippen LogP contribution in [0.5, 0.6) is 0 Å². The second-order valence-electron chi connectivity index (χ2n) is 2.57. The van der Waals surface area contributed by atoms with Crippen molar-refractivity contribution < 1.29 is 9.18 Å². The Kier molecular flexibility index (Phi) is 1.27. The van der Waals surface area contributed by atoms with E-state index < -0.39 is 5.82 Å². The number of nitrogens with two attached hydrogens (primary N) is 1. The van der Waals surface area contributed by atoms with E-state index in [2.05, 4.69) is 10.3 Å². The van der Waals surface area contributed by atoms with Gasteiger partial charge in [-0.25, -0.2) is 9.37 Å². The Morgan fingerprint density at radius 3 is 3.17 bits per heavy atom. The van der Waals surface area contributed by atoms with E-state index in [0.29, 0.717) is 11.4 Å².